The van der Waals surface area contributed by atoms with Crippen molar-refractivity contribution in [2.75, 3.05) is 41.8 Å². The Morgan fingerprint density at radius 3 is 2.32 bits per heavy atom. The van der Waals surface area contributed by atoms with Crippen molar-refractivity contribution in [2.45, 2.75) is 32.0 Å². The number of aromatic nitrogens is 1. The van der Waals surface area contributed by atoms with E-state index in [0.717, 1.165) is 11.3 Å². The van der Waals surface area contributed by atoms with E-state index in [-0.39, 0.29) is 37.3 Å². The van der Waals surface area contributed by atoms with Crippen LogP contribution in [0.1, 0.15) is 29.4 Å². The highest BCUT2D eigenvalue weighted by Gasteiger charge is 2.38. The van der Waals surface area contributed by atoms with Crippen molar-refractivity contribution in [3.8, 4) is 0 Å². The lowest BCUT2D eigenvalue weighted by molar-refractivity contribution is -0.192. The maximum absolute atomic E-state index is 12.6. The maximum atomic E-state index is 12.6. The number of nitrogens with one attached hydrogen (secondary N) is 1. The molecular formula is C24H26F3N5O8S. The van der Waals surface area contributed by atoms with E-state index in [9.17, 15) is 32.3 Å². The first kappa shape index (κ1) is 31.1. The van der Waals surface area contributed by atoms with Gasteiger partial charge >= 0.3 is 24.2 Å². The fourth-order valence-electron chi connectivity index (χ4n) is 3.90. The van der Waals surface area contributed by atoms with E-state index < -0.39 is 30.3 Å². The zero-order valence-corrected chi connectivity index (χ0v) is 22.4. The topological polar surface area (TPSA) is 181 Å². The summed E-state index contributed by atoms with van der Waals surface area (Å²) < 4.78 is 42.1. The molecule has 2 aliphatic rings. The van der Waals surface area contributed by atoms with Crippen molar-refractivity contribution in [2.24, 2.45) is 5.92 Å². The van der Waals surface area contributed by atoms with Gasteiger partial charge in [-0.15, -0.1) is 0 Å². The lowest BCUT2D eigenvalue weighted by atomic mass is 9.96. The van der Waals surface area contributed by atoms with Gasteiger partial charge in [0, 0.05) is 24.3 Å². The van der Waals surface area contributed by atoms with Crippen molar-refractivity contribution < 1.29 is 51.7 Å². The smallest absolute Gasteiger partial charge is 0.475 e. The highest BCUT2D eigenvalue weighted by Crippen LogP contribution is 2.29. The van der Waals surface area contributed by atoms with Crippen molar-refractivity contribution in [1.29, 1.82) is 0 Å². The Kier molecular flexibility index (Phi) is 10.1. The summed E-state index contributed by atoms with van der Waals surface area (Å²) in [6.07, 6.45) is -4.06. The number of nitrogen functional groups attached to an aromatic ring is 1. The summed E-state index contributed by atoms with van der Waals surface area (Å²) in [4.78, 5) is 65.2. The molecule has 2 aliphatic heterocycles. The van der Waals surface area contributed by atoms with Gasteiger partial charge in [-0.2, -0.15) is 13.2 Å². The number of alkyl halides is 3. The van der Waals surface area contributed by atoms with Gasteiger partial charge in [-0.3, -0.25) is 19.3 Å². The van der Waals surface area contributed by atoms with Crippen LogP contribution >= 0.6 is 11.3 Å². The molecule has 2 fully saturated rings. The van der Waals surface area contributed by atoms with Gasteiger partial charge in [0.05, 0.1) is 31.8 Å². The van der Waals surface area contributed by atoms with Gasteiger partial charge in [-0.25, -0.2) is 14.6 Å². The first-order valence-corrected chi connectivity index (χ1v) is 13.0. The predicted molar refractivity (Wildman–Crippen MR) is 138 cm³/mol. The Labute approximate surface area is 235 Å². The summed E-state index contributed by atoms with van der Waals surface area (Å²) in [6.45, 7) is 2.88. The molecule has 0 spiro atoms. The molecular weight excluding hydrogens is 575 g/mol. The zero-order chi connectivity index (χ0) is 30.3. The van der Waals surface area contributed by atoms with Gasteiger partial charge in [0.1, 0.15) is 11.0 Å². The third-order valence-electron chi connectivity index (χ3n) is 5.87. The maximum Gasteiger partial charge on any atom is 0.490 e. The number of nitrogens with two attached hydrogens (primary N) is 1. The summed E-state index contributed by atoms with van der Waals surface area (Å²) >= 11 is 1.08. The number of thiazole rings is 1. The molecule has 222 valence electrons. The number of carboxylic acids is 1. The van der Waals surface area contributed by atoms with E-state index in [4.69, 9.17) is 25.1 Å². The van der Waals surface area contributed by atoms with Crippen LogP contribution in [0.4, 0.5) is 34.5 Å². The third-order valence-corrected chi connectivity index (χ3v) is 6.70. The van der Waals surface area contributed by atoms with Gasteiger partial charge in [0.15, 0.2) is 5.13 Å². The summed E-state index contributed by atoms with van der Waals surface area (Å²) in [7, 11) is 0. The van der Waals surface area contributed by atoms with Gasteiger partial charge in [-0.05, 0) is 37.6 Å². The summed E-state index contributed by atoms with van der Waals surface area (Å²) in [5.74, 6) is -3.97. The molecule has 1 aromatic heterocycles. The molecule has 13 nitrogen and oxygen atoms in total. The van der Waals surface area contributed by atoms with Crippen LogP contribution in [0.25, 0.3) is 0 Å². The standard InChI is InChI=1S/C22H25N5O6S.C2HF3O2/c1-2-32-20(30)13-7-8-26(18(28)9-13)14-3-5-15(6-4-14)27-12-16(33-22(27)31)10-24-19(29)17-11-25-21(23)34-17;3-2(4,5)1(6)7/h3-6,11,13,16H,2,7-10,12H2,1H3,(H2,23,25)(H,24,29);(H,6,7)/t13?,16-;/m0./s1. The third kappa shape index (κ3) is 8.29. The van der Waals surface area contributed by atoms with Gasteiger partial charge in [0.2, 0.25) is 5.91 Å². The molecule has 0 saturated carbocycles. The fraction of sp³-hybridized carbons (Fsp3) is 0.417. The number of carbonyl (C=O) groups is 5. The van der Waals surface area contributed by atoms with Crippen LogP contribution in [-0.4, -0.2) is 78.5 Å². The number of piperidine rings is 1. The number of ether oxygens (including phenoxy) is 2. The number of rotatable bonds is 7. The van der Waals surface area contributed by atoms with E-state index in [0.29, 0.717) is 41.0 Å². The molecule has 0 radical (unpaired) electrons. The van der Waals surface area contributed by atoms with E-state index in [2.05, 4.69) is 10.3 Å². The lowest BCUT2D eigenvalue weighted by Crippen LogP contribution is -2.41. The Hall–Kier alpha value is -4.41. The Bertz CT molecular complexity index is 1290. The number of hydrogen-bond acceptors (Lipinski definition) is 10. The first-order chi connectivity index (χ1) is 19.3. The average molecular weight is 602 g/mol. The van der Waals surface area contributed by atoms with Crippen LogP contribution in [0, 0.1) is 5.92 Å². The van der Waals surface area contributed by atoms with Crippen molar-refractivity contribution >= 4 is 57.7 Å². The minimum atomic E-state index is -5.08. The lowest BCUT2D eigenvalue weighted by Gasteiger charge is -2.31. The predicted octanol–water partition coefficient (Wildman–Crippen LogP) is 2.42. The van der Waals surface area contributed by atoms with Crippen LogP contribution in [-0.2, 0) is 23.9 Å². The van der Waals surface area contributed by atoms with Crippen LogP contribution in [0.2, 0.25) is 0 Å². The highest BCUT2D eigenvalue weighted by molar-refractivity contribution is 7.17. The molecule has 1 unspecified atom stereocenters. The molecule has 1 aromatic carbocycles. The number of benzene rings is 1. The highest BCUT2D eigenvalue weighted by atomic mass is 32.1. The molecule has 0 bridgehead atoms. The second-order valence-electron chi connectivity index (χ2n) is 8.70. The van der Waals surface area contributed by atoms with E-state index in [1.165, 1.54) is 11.1 Å². The molecule has 17 heteroatoms. The largest absolute Gasteiger partial charge is 0.490 e. The van der Waals surface area contributed by atoms with Crippen molar-refractivity contribution in [3.05, 3.63) is 35.3 Å². The number of carboxylic acid groups (broad SMARTS) is 1. The molecule has 3 amide bonds. The van der Waals surface area contributed by atoms with Gasteiger partial charge in [-0.1, -0.05) is 11.3 Å². The molecule has 2 saturated heterocycles. The zero-order valence-electron chi connectivity index (χ0n) is 21.6. The van der Waals surface area contributed by atoms with Crippen LogP contribution in [0.5, 0.6) is 0 Å². The monoisotopic (exact) mass is 601 g/mol. The quantitative estimate of drug-likeness (QED) is 0.399. The number of anilines is 3. The number of carbonyl (C=O) groups excluding carboxylic acids is 4. The van der Waals surface area contributed by atoms with Crippen molar-refractivity contribution in [1.82, 2.24) is 10.3 Å². The number of halogens is 3. The van der Waals surface area contributed by atoms with Gasteiger partial charge in [0.25, 0.3) is 5.91 Å². The second-order valence-corrected chi connectivity index (χ2v) is 9.76. The molecule has 41 heavy (non-hydrogen) atoms. The Balaban J connectivity index is 0.000000587. The van der Waals surface area contributed by atoms with E-state index >= 15 is 0 Å². The SMILES string of the molecule is CCOC(=O)C1CCN(c2ccc(N3C[C@H](CNC(=O)c4cnc(N)s4)OC3=O)cc2)C(=O)C1.O=C(O)C(F)(F)F. The molecule has 4 rings (SSSR count). The minimum Gasteiger partial charge on any atom is -0.475 e. The molecule has 4 N–H and O–H groups in total. The van der Waals surface area contributed by atoms with E-state index in [1.807, 2.05) is 0 Å². The number of cyclic esters (lactones) is 1. The van der Waals surface area contributed by atoms with Crippen LogP contribution in [0.15, 0.2) is 30.5 Å². The van der Waals surface area contributed by atoms with Gasteiger partial charge < -0.3 is 30.5 Å². The summed E-state index contributed by atoms with van der Waals surface area (Å²) in [5, 5.41) is 10.1. The van der Waals surface area contributed by atoms with E-state index in [1.54, 1.807) is 36.1 Å². The average Bonchev–Trinajstić information content (AvgIpc) is 3.52. The summed E-state index contributed by atoms with van der Waals surface area (Å²) in [6, 6.07) is 6.99. The second kappa shape index (κ2) is 13.3. The molecule has 2 atom stereocenters. The molecule has 3 heterocycles. The van der Waals surface area contributed by atoms with Crippen molar-refractivity contribution in [3.63, 3.8) is 0 Å². The first-order valence-electron chi connectivity index (χ1n) is 12.1. The number of esters is 1. The van der Waals surface area contributed by atoms with Crippen LogP contribution in [0.3, 0.4) is 0 Å². The normalized spacial score (nSPS) is 18.7. The van der Waals surface area contributed by atoms with Crippen LogP contribution < -0.4 is 20.9 Å². The number of aliphatic carboxylic acids is 1. The Morgan fingerprint density at radius 2 is 1.80 bits per heavy atom. The fourth-order valence-corrected chi connectivity index (χ4v) is 4.51. The number of hydrogen-bond donors (Lipinski definition) is 3. The molecule has 0 aliphatic carbocycles. The Morgan fingerprint density at radius 1 is 1.20 bits per heavy atom. The number of nitrogens with zero attached hydrogens (tertiary/aromatic N) is 3. The minimum absolute atomic E-state index is 0.112. The molecule has 2 aromatic rings. The number of amides is 3. The summed E-state index contributed by atoms with van der Waals surface area (Å²) in [5.41, 5.74) is 6.85.